The lowest BCUT2D eigenvalue weighted by Crippen LogP contribution is -2.35. The maximum absolute atomic E-state index is 11.6. The summed E-state index contributed by atoms with van der Waals surface area (Å²) in [6.45, 7) is 4.65. The molecule has 102 valence electrons. The molecule has 1 aliphatic heterocycles. The van der Waals surface area contributed by atoms with E-state index >= 15 is 0 Å². The summed E-state index contributed by atoms with van der Waals surface area (Å²) in [5, 5.41) is 9.58. The summed E-state index contributed by atoms with van der Waals surface area (Å²) in [5.41, 5.74) is 2.11. The Balaban J connectivity index is 1.74. The first kappa shape index (κ1) is 12.7. The SMILES string of the molecule is Cc1cccc(CN2C[C@@H]3CCC[C@@]3(C(=O)O)C2)c1. The van der Waals surface area contributed by atoms with Gasteiger partial charge in [0.25, 0.3) is 0 Å². The number of hydrogen-bond donors (Lipinski definition) is 1. The van der Waals surface area contributed by atoms with Crippen molar-refractivity contribution in [3.8, 4) is 0 Å². The van der Waals surface area contributed by atoms with Crippen molar-refractivity contribution in [3.05, 3.63) is 35.4 Å². The number of benzene rings is 1. The smallest absolute Gasteiger partial charge is 0.311 e. The highest BCUT2D eigenvalue weighted by Crippen LogP contribution is 2.49. The van der Waals surface area contributed by atoms with Gasteiger partial charge < -0.3 is 5.11 Å². The minimum absolute atomic E-state index is 0.356. The topological polar surface area (TPSA) is 40.5 Å². The summed E-state index contributed by atoms with van der Waals surface area (Å²) in [7, 11) is 0. The predicted octanol–water partition coefficient (Wildman–Crippen LogP) is 2.68. The Morgan fingerprint density at radius 2 is 2.37 bits per heavy atom. The highest BCUT2D eigenvalue weighted by molar-refractivity contribution is 5.76. The standard InChI is InChI=1S/C16H21NO2/c1-12-4-2-5-13(8-12)9-17-10-14-6-3-7-16(14,11-17)15(18)19/h2,4-5,8,14H,3,6-7,9-11H2,1H3,(H,18,19)/t14-,16+/m0/s1. The molecule has 1 aliphatic carbocycles. The quantitative estimate of drug-likeness (QED) is 0.907. The molecule has 2 atom stereocenters. The lowest BCUT2D eigenvalue weighted by molar-refractivity contribution is -0.149. The number of carbonyl (C=O) groups is 1. The first-order valence-corrected chi connectivity index (χ1v) is 7.11. The third-order valence-corrected chi connectivity index (χ3v) is 4.86. The summed E-state index contributed by atoms with van der Waals surface area (Å²) >= 11 is 0. The van der Waals surface area contributed by atoms with Crippen molar-refractivity contribution >= 4 is 5.97 Å². The molecule has 19 heavy (non-hydrogen) atoms. The van der Waals surface area contributed by atoms with E-state index in [1.807, 2.05) is 0 Å². The van der Waals surface area contributed by atoms with E-state index in [1.165, 1.54) is 11.1 Å². The van der Waals surface area contributed by atoms with Crippen molar-refractivity contribution in [1.82, 2.24) is 4.90 Å². The lowest BCUT2D eigenvalue weighted by Gasteiger charge is -2.23. The normalized spacial score (nSPS) is 30.5. The Hall–Kier alpha value is -1.35. The van der Waals surface area contributed by atoms with Gasteiger partial charge in [0, 0.05) is 19.6 Å². The van der Waals surface area contributed by atoms with Crippen LogP contribution in [0.3, 0.4) is 0 Å². The summed E-state index contributed by atoms with van der Waals surface area (Å²) in [5.74, 6) is -0.225. The van der Waals surface area contributed by atoms with Crippen LogP contribution in [-0.2, 0) is 11.3 Å². The number of aliphatic carboxylic acids is 1. The number of carboxylic acid groups (broad SMARTS) is 1. The third-order valence-electron chi connectivity index (χ3n) is 4.86. The molecule has 0 amide bonds. The summed E-state index contributed by atoms with van der Waals surface area (Å²) in [6.07, 6.45) is 3.02. The molecule has 0 radical (unpaired) electrons. The summed E-state index contributed by atoms with van der Waals surface area (Å²) in [6, 6.07) is 8.51. The summed E-state index contributed by atoms with van der Waals surface area (Å²) < 4.78 is 0. The van der Waals surface area contributed by atoms with Crippen LogP contribution in [-0.4, -0.2) is 29.1 Å². The van der Waals surface area contributed by atoms with Gasteiger partial charge in [0.1, 0.15) is 0 Å². The minimum atomic E-state index is -0.582. The van der Waals surface area contributed by atoms with Crippen LogP contribution in [0.5, 0.6) is 0 Å². The fraction of sp³-hybridized carbons (Fsp3) is 0.562. The van der Waals surface area contributed by atoms with Gasteiger partial charge in [-0.2, -0.15) is 0 Å². The molecule has 1 saturated heterocycles. The van der Waals surface area contributed by atoms with Gasteiger partial charge in [-0.05, 0) is 31.2 Å². The monoisotopic (exact) mass is 259 g/mol. The van der Waals surface area contributed by atoms with Crippen LogP contribution in [0.15, 0.2) is 24.3 Å². The average molecular weight is 259 g/mol. The van der Waals surface area contributed by atoms with E-state index in [1.54, 1.807) is 0 Å². The Morgan fingerprint density at radius 1 is 1.53 bits per heavy atom. The van der Waals surface area contributed by atoms with Crippen LogP contribution >= 0.6 is 0 Å². The lowest BCUT2D eigenvalue weighted by atomic mass is 9.81. The number of hydrogen-bond acceptors (Lipinski definition) is 2. The van der Waals surface area contributed by atoms with Gasteiger partial charge in [0.05, 0.1) is 5.41 Å². The zero-order chi connectivity index (χ0) is 13.5. The molecule has 3 nitrogen and oxygen atoms in total. The van der Waals surface area contributed by atoms with Crippen LogP contribution in [0, 0.1) is 18.3 Å². The van der Waals surface area contributed by atoms with E-state index in [0.29, 0.717) is 5.92 Å². The van der Waals surface area contributed by atoms with Gasteiger partial charge in [0.2, 0.25) is 0 Å². The second-order valence-electron chi connectivity index (χ2n) is 6.21. The van der Waals surface area contributed by atoms with E-state index in [-0.39, 0.29) is 0 Å². The van der Waals surface area contributed by atoms with Gasteiger partial charge in [-0.15, -0.1) is 0 Å². The Bertz CT molecular complexity index is 499. The van der Waals surface area contributed by atoms with Crippen LogP contribution in [0.4, 0.5) is 0 Å². The average Bonchev–Trinajstić information content (AvgIpc) is 2.86. The second kappa shape index (κ2) is 4.64. The number of rotatable bonds is 3. The molecule has 1 aromatic rings. The molecular weight excluding hydrogens is 238 g/mol. The van der Waals surface area contributed by atoms with Gasteiger partial charge >= 0.3 is 5.97 Å². The van der Waals surface area contributed by atoms with Crippen LogP contribution < -0.4 is 0 Å². The van der Waals surface area contributed by atoms with Crippen LogP contribution in [0.25, 0.3) is 0 Å². The fourth-order valence-electron chi connectivity index (χ4n) is 3.93. The highest BCUT2D eigenvalue weighted by Gasteiger charge is 2.54. The summed E-state index contributed by atoms with van der Waals surface area (Å²) in [4.78, 5) is 14.0. The van der Waals surface area contributed by atoms with Crippen molar-refractivity contribution in [2.24, 2.45) is 11.3 Å². The van der Waals surface area contributed by atoms with Crippen molar-refractivity contribution in [2.45, 2.75) is 32.7 Å². The van der Waals surface area contributed by atoms with Crippen molar-refractivity contribution in [2.75, 3.05) is 13.1 Å². The van der Waals surface area contributed by atoms with E-state index in [9.17, 15) is 9.90 Å². The highest BCUT2D eigenvalue weighted by atomic mass is 16.4. The molecule has 0 bridgehead atoms. The minimum Gasteiger partial charge on any atom is -0.481 e. The number of aryl methyl sites for hydroxylation is 1. The van der Waals surface area contributed by atoms with Crippen molar-refractivity contribution in [1.29, 1.82) is 0 Å². The number of carboxylic acids is 1. The predicted molar refractivity (Wildman–Crippen MR) is 73.9 cm³/mol. The first-order chi connectivity index (χ1) is 9.10. The molecular formula is C16H21NO2. The van der Waals surface area contributed by atoms with Crippen molar-refractivity contribution in [3.63, 3.8) is 0 Å². The van der Waals surface area contributed by atoms with Crippen molar-refractivity contribution < 1.29 is 9.90 Å². The molecule has 2 fully saturated rings. The zero-order valence-corrected chi connectivity index (χ0v) is 11.4. The van der Waals surface area contributed by atoms with Crippen LogP contribution in [0.1, 0.15) is 30.4 Å². The van der Waals surface area contributed by atoms with E-state index in [4.69, 9.17) is 0 Å². The molecule has 0 unspecified atom stereocenters. The van der Waals surface area contributed by atoms with E-state index in [0.717, 1.165) is 38.9 Å². The first-order valence-electron chi connectivity index (χ1n) is 7.11. The van der Waals surface area contributed by atoms with E-state index < -0.39 is 11.4 Å². The second-order valence-corrected chi connectivity index (χ2v) is 6.21. The largest absolute Gasteiger partial charge is 0.481 e. The Labute approximate surface area is 114 Å². The number of likely N-dealkylation sites (tertiary alicyclic amines) is 1. The maximum atomic E-state index is 11.6. The van der Waals surface area contributed by atoms with Gasteiger partial charge in [-0.3, -0.25) is 9.69 Å². The van der Waals surface area contributed by atoms with Gasteiger partial charge in [0.15, 0.2) is 0 Å². The maximum Gasteiger partial charge on any atom is 0.311 e. The van der Waals surface area contributed by atoms with Gasteiger partial charge in [-0.25, -0.2) is 0 Å². The van der Waals surface area contributed by atoms with Crippen LogP contribution in [0.2, 0.25) is 0 Å². The molecule has 3 rings (SSSR count). The Kier molecular flexibility index (Phi) is 3.09. The molecule has 1 aromatic carbocycles. The fourth-order valence-corrected chi connectivity index (χ4v) is 3.93. The van der Waals surface area contributed by atoms with Gasteiger partial charge in [-0.1, -0.05) is 36.2 Å². The molecule has 0 aromatic heterocycles. The molecule has 3 heteroatoms. The number of fused-ring (bicyclic) bond motifs is 1. The Morgan fingerprint density at radius 3 is 3.05 bits per heavy atom. The molecule has 0 spiro atoms. The third kappa shape index (κ3) is 2.16. The molecule has 1 heterocycles. The number of nitrogens with zero attached hydrogens (tertiary/aromatic N) is 1. The molecule has 2 aliphatic rings. The molecule has 1 N–H and O–H groups in total. The molecule has 1 saturated carbocycles. The zero-order valence-electron chi connectivity index (χ0n) is 11.4. The van der Waals surface area contributed by atoms with E-state index in [2.05, 4.69) is 36.1 Å².